The van der Waals surface area contributed by atoms with Gasteiger partial charge in [0.25, 0.3) is 0 Å². The van der Waals surface area contributed by atoms with Gasteiger partial charge in [0.05, 0.1) is 24.3 Å². The third kappa shape index (κ3) is 3.47. The zero-order valence-electron chi connectivity index (χ0n) is 12.5. The number of carbonyl (C=O) groups is 1. The molecule has 2 rings (SSSR count). The first kappa shape index (κ1) is 17.3. The number of rotatable bonds is 3. The number of nitrogens with one attached hydrogen (secondary N) is 2. The van der Waals surface area contributed by atoms with E-state index in [1.54, 1.807) is 6.92 Å². The number of thiocarbonyl (C=S) groups is 1. The SMILES string of the molecule is CCC1=C(C(=O)OC)[C@@H](c2ccccc2C(F)(F)F)NC(=S)N1. The van der Waals surface area contributed by atoms with Crippen LogP contribution in [0.1, 0.15) is 30.5 Å². The summed E-state index contributed by atoms with van der Waals surface area (Å²) >= 11 is 5.05. The van der Waals surface area contributed by atoms with Crippen LogP contribution in [0.15, 0.2) is 35.5 Å². The van der Waals surface area contributed by atoms with E-state index in [1.165, 1.54) is 25.3 Å². The highest BCUT2D eigenvalue weighted by Crippen LogP contribution is 2.38. The van der Waals surface area contributed by atoms with Crippen LogP contribution in [0.3, 0.4) is 0 Å². The van der Waals surface area contributed by atoms with Crippen molar-refractivity contribution in [2.75, 3.05) is 7.11 Å². The molecule has 0 saturated carbocycles. The predicted molar refractivity (Wildman–Crippen MR) is 82.4 cm³/mol. The molecule has 8 heteroatoms. The largest absolute Gasteiger partial charge is 0.466 e. The van der Waals surface area contributed by atoms with Crippen molar-refractivity contribution < 1.29 is 22.7 Å². The van der Waals surface area contributed by atoms with Crippen LogP contribution in [0.4, 0.5) is 13.2 Å². The highest BCUT2D eigenvalue weighted by molar-refractivity contribution is 7.80. The van der Waals surface area contributed by atoms with Crippen LogP contribution in [-0.4, -0.2) is 18.2 Å². The van der Waals surface area contributed by atoms with E-state index in [9.17, 15) is 18.0 Å². The second-order valence-electron chi connectivity index (χ2n) is 4.85. The van der Waals surface area contributed by atoms with E-state index < -0.39 is 23.8 Å². The molecule has 23 heavy (non-hydrogen) atoms. The minimum absolute atomic E-state index is 0.0739. The Kier molecular flexibility index (Phi) is 4.93. The maximum Gasteiger partial charge on any atom is 0.416 e. The molecule has 1 heterocycles. The Morgan fingerprint density at radius 1 is 1.35 bits per heavy atom. The molecule has 2 N–H and O–H groups in total. The average Bonchev–Trinajstić information content (AvgIpc) is 2.52. The molecule has 1 atom stereocenters. The molecule has 1 aliphatic rings. The van der Waals surface area contributed by atoms with Crippen LogP contribution in [0.2, 0.25) is 0 Å². The topological polar surface area (TPSA) is 50.4 Å². The van der Waals surface area contributed by atoms with E-state index in [0.29, 0.717) is 12.1 Å². The third-order valence-corrected chi connectivity index (χ3v) is 3.71. The predicted octanol–water partition coefficient (Wildman–Crippen LogP) is 3.06. The number of benzene rings is 1. The maximum atomic E-state index is 13.3. The second kappa shape index (κ2) is 6.57. The Morgan fingerprint density at radius 2 is 2.00 bits per heavy atom. The van der Waals surface area contributed by atoms with Gasteiger partial charge in [-0.15, -0.1) is 0 Å². The summed E-state index contributed by atoms with van der Waals surface area (Å²) in [6.07, 6.45) is -4.14. The van der Waals surface area contributed by atoms with Crippen molar-refractivity contribution in [3.8, 4) is 0 Å². The number of ether oxygens (including phenoxy) is 1. The fourth-order valence-corrected chi connectivity index (χ4v) is 2.73. The Morgan fingerprint density at radius 3 is 2.57 bits per heavy atom. The van der Waals surface area contributed by atoms with Crippen molar-refractivity contribution in [3.63, 3.8) is 0 Å². The van der Waals surface area contributed by atoms with Crippen LogP contribution in [0.5, 0.6) is 0 Å². The molecule has 0 aromatic heterocycles. The minimum Gasteiger partial charge on any atom is -0.466 e. The quantitative estimate of drug-likeness (QED) is 0.652. The van der Waals surface area contributed by atoms with Gasteiger partial charge in [-0.3, -0.25) is 0 Å². The van der Waals surface area contributed by atoms with E-state index in [4.69, 9.17) is 17.0 Å². The summed E-state index contributed by atoms with van der Waals surface area (Å²) in [5.74, 6) is -0.702. The summed E-state index contributed by atoms with van der Waals surface area (Å²) in [7, 11) is 1.18. The molecule has 1 aliphatic heterocycles. The molecule has 0 amide bonds. The molecule has 0 unspecified atom stereocenters. The van der Waals surface area contributed by atoms with E-state index in [2.05, 4.69) is 10.6 Å². The Hall–Kier alpha value is -2.09. The summed E-state index contributed by atoms with van der Waals surface area (Å²) in [6.45, 7) is 1.77. The van der Waals surface area contributed by atoms with E-state index in [1.807, 2.05) is 0 Å². The Balaban J connectivity index is 2.65. The van der Waals surface area contributed by atoms with Crippen molar-refractivity contribution in [2.24, 2.45) is 0 Å². The van der Waals surface area contributed by atoms with Crippen LogP contribution in [-0.2, 0) is 15.7 Å². The number of halogens is 3. The summed E-state index contributed by atoms with van der Waals surface area (Å²) in [4.78, 5) is 12.1. The van der Waals surface area contributed by atoms with E-state index in [-0.39, 0.29) is 16.2 Å². The molecular formula is C15H15F3N2O2S. The molecule has 1 aromatic rings. The number of alkyl halides is 3. The molecule has 1 aromatic carbocycles. The summed E-state index contributed by atoms with van der Waals surface area (Å²) < 4.78 is 44.6. The molecule has 0 bridgehead atoms. The highest BCUT2D eigenvalue weighted by atomic mass is 32.1. The number of hydrogen-bond acceptors (Lipinski definition) is 3. The van der Waals surface area contributed by atoms with Crippen molar-refractivity contribution in [3.05, 3.63) is 46.7 Å². The molecule has 4 nitrogen and oxygen atoms in total. The van der Waals surface area contributed by atoms with Gasteiger partial charge >= 0.3 is 12.1 Å². The number of methoxy groups -OCH3 is 1. The standard InChI is InChI=1S/C15H15F3N2O2S/c1-3-10-11(13(21)22-2)12(20-14(23)19-10)8-6-4-5-7-9(8)15(16,17)18/h4-7,12H,3H2,1-2H3,(H2,19,20,23)/t12-/m1/s1. The fraction of sp³-hybridized carbons (Fsp3) is 0.333. The van der Waals surface area contributed by atoms with Gasteiger partial charge in [0.2, 0.25) is 0 Å². The van der Waals surface area contributed by atoms with Gasteiger partial charge in [0.1, 0.15) is 0 Å². The average molecular weight is 344 g/mol. The number of esters is 1. The highest BCUT2D eigenvalue weighted by Gasteiger charge is 2.39. The lowest BCUT2D eigenvalue weighted by molar-refractivity contribution is -0.139. The van der Waals surface area contributed by atoms with Crippen LogP contribution in [0.25, 0.3) is 0 Å². The second-order valence-corrected chi connectivity index (χ2v) is 5.26. The molecule has 0 radical (unpaired) electrons. The van der Waals surface area contributed by atoms with E-state index >= 15 is 0 Å². The smallest absolute Gasteiger partial charge is 0.416 e. The van der Waals surface area contributed by atoms with Gasteiger partial charge in [-0.25, -0.2) is 4.79 Å². The molecule has 0 spiro atoms. The number of hydrogen-bond donors (Lipinski definition) is 2. The normalized spacial score (nSPS) is 18.3. The van der Waals surface area contributed by atoms with Crippen molar-refractivity contribution in [1.29, 1.82) is 0 Å². The van der Waals surface area contributed by atoms with Crippen LogP contribution < -0.4 is 10.6 Å². The molecular weight excluding hydrogens is 329 g/mol. The third-order valence-electron chi connectivity index (χ3n) is 3.49. The fourth-order valence-electron chi connectivity index (χ4n) is 2.49. The lowest BCUT2D eigenvalue weighted by Crippen LogP contribution is -2.46. The van der Waals surface area contributed by atoms with E-state index in [0.717, 1.165) is 6.07 Å². The first-order chi connectivity index (χ1) is 10.8. The molecule has 0 saturated heterocycles. The first-order valence-corrected chi connectivity index (χ1v) is 7.25. The van der Waals surface area contributed by atoms with Gasteiger partial charge < -0.3 is 15.4 Å². The van der Waals surface area contributed by atoms with Crippen molar-refractivity contribution in [1.82, 2.24) is 10.6 Å². The van der Waals surface area contributed by atoms with Crippen molar-refractivity contribution in [2.45, 2.75) is 25.6 Å². The molecule has 0 fully saturated rings. The molecule has 0 aliphatic carbocycles. The van der Waals surface area contributed by atoms with Gasteiger partial charge in [0, 0.05) is 5.70 Å². The zero-order chi connectivity index (χ0) is 17.2. The summed E-state index contributed by atoms with van der Waals surface area (Å²) in [5, 5.41) is 5.71. The first-order valence-electron chi connectivity index (χ1n) is 6.84. The Labute approximate surface area is 136 Å². The minimum atomic E-state index is -4.54. The lowest BCUT2D eigenvalue weighted by atomic mass is 9.91. The summed E-state index contributed by atoms with van der Waals surface area (Å²) in [6, 6.07) is 4.06. The maximum absolute atomic E-state index is 13.3. The monoisotopic (exact) mass is 344 g/mol. The van der Waals surface area contributed by atoms with Gasteiger partial charge in [-0.05, 0) is 30.3 Å². The summed E-state index contributed by atoms with van der Waals surface area (Å²) in [5.41, 5.74) is -0.350. The van der Waals surface area contributed by atoms with Gasteiger partial charge in [-0.1, -0.05) is 25.1 Å². The number of carbonyl (C=O) groups excluding carboxylic acids is 1. The lowest BCUT2D eigenvalue weighted by Gasteiger charge is -2.31. The molecule has 124 valence electrons. The Bertz CT molecular complexity index is 671. The van der Waals surface area contributed by atoms with Crippen molar-refractivity contribution >= 4 is 23.3 Å². The van der Waals surface area contributed by atoms with Crippen LogP contribution >= 0.6 is 12.2 Å². The van der Waals surface area contributed by atoms with Gasteiger partial charge in [-0.2, -0.15) is 13.2 Å². The van der Waals surface area contributed by atoms with Crippen LogP contribution in [0, 0.1) is 0 Å². The van der Waals surface area contributed by atoms with Gasteiger partial charge in [0.15, 0.2) is 5.11 Å². The zero-order valence-corrected chi connectivity index (χ0v) is 13.3. The number of allylic oxidation sites excluding steroid dienone is 1.